The van der Waals surface area contributed by atoms with Gasteiger partial charge in [-0.1, -0.05) is 18.2 Å². The Labute approximate surface area is 175 Å². The van der Waals surface area contributed by atoms with Crippen LogP contribution in [0.25, 0.3) is 0 Å². The van der Waals surface area contributed by atoms with Crippen LogP contribution >= 0.6 is 12.2 Å². The number of para-hydroxylation sites is 1. The second-order valence-electron chi connectivity index (χ2n) is 7.88. The van der Waals surface area contributed by atoms with Crippen molar-refractivity contribution in [2.45, 2.75) is 44.8 Å². The Morgan fingerprint density at radius 3 is 2.55 bits per heavy atom. The minimum Gasteiger partial charge on any atom is -0.351 e. The number of hydrogen-bond donors (Lipinski definition) is 1. The average molecular weight is 407 g/mol. The first-order valence-electron chi connectivity index (χ1n) is 9.99. The summed E-state index contributed by atoms with van der Waals surface area (Å²) in [6.07, 6.45) is 4.23. The van der Waals surface area contributed by atoms with E-state index in [4.69, 9.17) is 12.2 Å². The molecule has 6 heteroatoms. The van der Waals surface area contributed by atoms with Crippen molar-refractivity contribution >= 4 is 23.0 Å². The van der Waals surface area contributed by atoms with Crippen LogP contribution in [0.5, 0.6) is 0 Å². The van der Waals surface area contributed by atoms with Gasteiger partial charge in [-0.15, -0.1) is 0 Å². The van der Waals surface area contributed by atoms with Crippen molar-refractivity contribution in [3.63, 3.8) is 0 Å². The topological polar surface area (TPSA) is 33.1 Å². The molecule has 0 unspecified atom stereocenters. The Bertz CT molecular complexity index is 1070. The molecule has 2 atom stereocenters. The van der Waals surface area contributed by atoms with Crippen LogP contribution in [-0.4, -0.2) is 14.7 Å². The molecule has 1 saturated carbocycles. The van der Waals surface area contributed by atoms with Crippen LogP contribution in [-0.2, 0) is 0 Å². The zero-order valence-corrected chi connectivity index (χ0v) is 17.3. The van der Waals surface area contributed by atoms with Gasteiger partial charge in [0.25, 0.3) is 0 Å². The molecule has 148 valence electrons. The number of rotatable bonds is 4. The lowest BCUT2D eigenvalue weighted by Crippen LogP contribution is -2.30. The molecule has 0 spiro atoms. The lowest BCUT2D eigenvalue weighted by Gasteiger charge is -2.28. The molecule has 29 heavy (non-hydrogen) atoms. The summed E-state index contributed by atoms with van der Waals surface area (Å²) in [4.78, 5) is 6.50. The molecule has 1 saturated heterocycles. The fourth-order valence-electron chi connectivity index (χ4n) is 4.57. The van der Waals surface area contributed by atoms with Gasteiger partial charge in [-0.2, -0.15) is 0 Å². The number of thiocarbonyl (C=S) groups is 1. The standard InChI is InChI=1S/C23H23FN4S/c1-14-13-17(15(2)27(14)16-10-11-16)22-21(19-8-5-6-12-25-19)26-23(29)28(22)20-9-4-3-7-18(20)24/h3-9,12-13,16,21-22H,10-11H2,1-2H3,(H,26,29)/t21-,22+/m0/s1. The molecule has 0 amide bonds. The molecule has 1 aliphatic heterocycles. The van der Waals surface area contributed by atoms with E-state index in [1.165, 1.54) is 35.9 Å². The van der Waals surface area contributed by atoms with Gasteiger partial charge in [0.05, 0.1) is 23.5 Å². The van der Waals surface area contributed by atoms with Crippen LogP contribution in [0.3, 0.4) is 0 Å². The fourth-order valence-corrected chi connectivity index (χ4v) is 4.91. The molecular formula is C23H23FN4S. The van der Waals surface area contributed by atoms with Gasteiger partial charge >= 0.3 is 0 Å². The van der Waals surface area contributed by atoms with E-state index in [1.807, 2.05) is 29.2 Å². The third-order valence-electron chi connectivity index (χ3n) is 5.96. The number of pyridine rings is 1. The molecule has 3 aromatic rings. The van der Waals surface area contributed by atoms with Gasteiger partial charge in [0.2, 0.25) is 0 Å². The predicted molar refractivity (Wildman–Crippen MR) is 117 cm³/mol. The summed E-state index contributed by atoms with van der Waals surface area (Å²) in [5.41, 5.74) is 5.02. The van der Waals surface area contributed by atoms with Gasteiger partial charge in [-0.3, -0.25) is 4.98 Å². The van der Waals surface area contributed by atoms with Gasteiger partial charge < -0.3 is 14.8 Å². The Balaban J connectivity index is 1.68. The van der Waals surface area contributed by atoms with E-state index in [0.29, 0.717) is 16.8 Å². The Morgan fingerprint density at radius 2 is 1.86 bits per heavy atom. The SMILES string of the molecule is Cc1cc([C@@H]2[C@H](c3ccccn3)NC(=S)N2c2ccccc2F)c(C)n1C1CC1. The van der Waals surface area contributed by atoms with Gasteiger partial charge in [0.15, 0.2) is 5.11 Å². The molecule has 0 radical (unpaired) electrons. The van der Waals surface area contributed by atoms with Gasteiger partial charge in [-0.05, 0) is 74.8 Å². The molecule has 2 fully saturated rings. The first-order valence-corrected chi connectivity index (χ1v) is 10.4. The number of aryl methyl sites for hydroxylation is 1. The van der Waals surface area contributed by atoms with Crippen molar-refractivity contribution in [2.75, 3.05) is 4.90 Å². The van der Waals surface area contributed by atoms with Crippen molar-refractivity contribution in [1.82, 2.24) is 14.9 Å². The van der Waals surface area contributed by atoms with E-state index < -0.39 is 0 Å². The predicted octanol–water partition coefficient (Wildman–Crippen LogP) is 5.15. The minimum atomic E-state index is -0.278. The Morgan fingerprint density at radius 1 is 1.10 bits per heavy atom. The Hall–Kier alpha value is -2.73. The van der Waals surface area contributed by atoms with Crippen LogP contribution in [0, 0.1) is 19.7 Å². The first-order chi connectivity index (χ1) is 14.1. The summed E-state index contributed by atoms with van der Waals surface area (Å²) in [5.74, 6) is -0.278. The Kier molecular flexibility index (Phi) is 4.39. The number of halogens is 1. The molecule has 1 N–H and O–H groups in total. The van der Waals surface area contributed by atoms with E-state index in [2.05, 4.69) is 34.8 Å². The van der Waals surface area contributed by atoms with Crippen LogP contribution in [0.15, 0.2) is 54.7 Å². The summed E-state index contributed by atoms with van der Waals surface area (Å²) in [6.45, 7) is 4.32. The monoisotopic (exact) mass is 406 g/mol. The number of hydrogen-bond acceptors (Lipinski definition) is 2. The lowest BCUT2D eigenvalue weighted by molar-refractivity contribution is 0.553. The molecule has 1 aromatic carbocycles. The highest BCUT2D eigenvalue weighted by Gasteiger charge is 2.43. The zero-order chi connectivity index (χ0) is 20.1. The zero-order valence-electron chi connectivity index (χ0n) is 16.5. The number of anilines is 1. The molecule has 1 aliphatic carbocycles. The summed E-state index contributed by atoms with van der Waals surface area (Å²) in [6, 6.07) is 15.2. The van der Waals surface area contributed by atoms with E-state index in [9.17, 15) is 4.39 Å². The quantitative estimate of drug-likeness (QED) is 0.608. The number of nitrogens with zero attached hydrogens (tertiary/aromatic N) is 3. The van der Waals surface area contributed by atoms with E-state index >= 15 is 0 Å². The molecular weight excluding hydrogens is 383 g/mol. The van der Waals surface area contributed by atoms with Crippen LogP contribution in [0.2, 0.25) is 0 Å². The summed E-state index contributed by atoms with van der Waals surface area (Å²) in [7, 11) is 0. The summed E-state index contributed by atoms with van der Waals surface area (Å²) >= 11 is 5.70. The van der Waals surface area contributed by atoms with E-state index in [1.54, 1.807) is 18.3 Å². The second-order valence-corrected chi connectivity index (χ2v) is 8.26. The highest BCUT2D eigenvalue weighted by atomic mass is 32.1. The van der Waals surface area contributed by atoms with Crippen LogP contribution in [0.1, 0.15) is 53.6 Å². The van der Waals surface area contributed by atoms with E-state index in [0.717, 1.165) is 5.69 Å². The molecule has 0 bridgehead atoms. The lowest BCUT2D eigenvalue weighted by atomic mass is 9.96. The maximum atomic E-state index is 14.8. The number of benzene rings is 1. The summed E-state index contributed by atoms with van der Waals surface area (Å²) < 4.78 is 17.2. The van der Waals surface area contributed by atoms with Crippen LogP contribution < -0.4 is 10.2 Å². The average Bonchev–Trinajstić information content (AvgIpc) is 3.43. The smallest absolute Gasteiger partial charge is 0.174 e. The highest BCUT2D eigenvalue weighted by Crippen LogP contribution is 2.46. The molecule has 3 heterocycles. The maximum absolute atomic E-state index is 14.8. The second kappa shape index (κ2) is 6.95. The van der Waals surface area contributed by atoms with E-state index in [-0.39, 0.29) is 17.9 Å². The first kappa shape index (κ1) is 18.3. The third-order valence-corrected chi connectivity index (χ3v) is 6.28. The minimum absolute atomic E-state index is 0.156. The molecule has 5 rings (SSSR count). The van der Waals surface area contributed by atoms with Gasteiger partial charge in [0.1, 0.15) is 5.82 Å². The van der Waals surface area contributed by atoms with Crippen molar-refractivity contribution in [3.05, 3.63) is 83.2 Å². The maximum Gasteiger partial charge on any atom is 0.174 e. The number of aromatic nitrogens is 2. The van der Waals surface area contributed by atoms with Gasteiger partial charge in [0, 0.05) is 23.6 Å². The third kappa shape index (κ3) is 3.02. The molecule has 2 aliphatic rings. The largest absolute Gasteiger partial charge is 0.351 e. The number of nitrogens with one attached hydrogen (secondary N) is 1. The summed E-state index contributed by atoms with van der Waals surface area (Å²) in [5, 5.41) is 3.93. The van der Waals surface area contributed by atoms with Gasteiger partial charge in [-0.25, -0.2) is 4.39 Å². The van der Waals surface area contributed by atoms with Crippen molar-refractivity contribution in [3.8, 4) is 0 Å². The molecule has 2 aromatic heterocycles. The van der Waals surface area contributed by atoms with Crippen molar-refractivity contribution < 1.29 is 4.39 Å². The molecule has 4 nitrogen and oxygen atoms in total. The normalized spacial score (nSPS) is 21.5. The van der Waals surface area contributed by atoms with Crippen LogP contribution in [0.4, 0.5) is 10.1 Å². The van der Waals surface area contributed by atoms with Crippen molar-refractivity contribution in [2.24, 2.45) is 0 Å². The highest BCUT2D eigenvalue weighted by molar-refractivity contribution is 7.80. The van der Waals surface area contributed by atoms with Crippen molar-refractivity contribution in [1.29, 1.82) is 0 Å². The fraction of sp³-hybridized carbons (Fsp3) is 0.304.